The van der Waals surface area contributed by atoms with Crippen LogP contribution in [0.15, 0.2) is 60.9 Å². The Morgan fingerprint density at radius 3 is 2.64 bits per heavy atom. The maximum Gasteiger partial charge on any atom is 0.274 e. The summed E-state index contributed by atoms with van der Waals surface area (Å²) < 4.78 is 1.79. The van der Waals surface area contributed by atoms with Crippen LogP contribution in [0, 0.1) is 17.0 Å². The average Bonchev–Trinajstić information content (AvgIpc) is 3.10. The van der Waals surface area contributed by atoms with E-state index in [1.807, 2.05) is 24.4 Å². The first kappa shape index (κ1) is 16.4. The molecule has 1 heterocycles. The molecule has 1 amide bonds. The van der Waals surface area contributed by atoms with Gasteiger partial charge < -0.3 is 5.32 Å². The number of benzene rings is 2. The monoisotopic (exact) mass is 336 g/mol. The fraction of sp³-hybridized carbons (Fsp3) is 0.111. The Morgan fingerprint density at radius 1 is 1.24 bits per heavy atom. The quantitative estimate of drug-likeness (QED) is 0.571. The Kier molecular flexibility index (Phi) is 4.56. The van der Waals surface area contributed by atoms with Crippen LogP contribution in [0.5, 0.6) is 0 Å². The number of rotatable bonds is 5. The molecular formula is C18H16N4O3. The number of amides is 1. The molecular weight excluding hydrogens is 320 g/mol. The van der Waals surface area contributed by atoms with Gasteiger partial charge in [0.25, 0.3) is 11.6 Å². The van der Waals surface area contributed by atoms with E-state index in [1.165, 1.54) is 6.07 Å². The molecule has 0 radical (unpaired) electrons. The van der Waals surface area contributed by atoms with Gasteiger partial charge in [-0.15, -0.1) is 0 Å². The third-order valence-corrected chi connectivity index (χ3v) is 3.78. The van der Waals surface area contributed by atoms with Crippen molar-refractivity contribution in [3.05, 3.63) is 87.7 Å². The summed E-state index contributed by atoms with van der Waals surface area (Å²) in [5, 5.41) is 17.8. The van der Waals surface area contributed by atoms with Crippen LogP contribution in [0.25, 0.3) is 0 Å². The highest BCUT2D eigenvalue weighted by Gasteiger charge is 2.13. The molecule has 2 aromatic carbocycles. The molecule has 0 saturated heterocycles. The van der Waals surface area contributed by atoms with Gasteiger partial charge in [-0.25, -0.2) is 0 Å². The number of hydrogen-bond acceptors (Lipinski definition) is 4. The van der Waals surface area contributed by atoms with Gasteiger partial charge in [0.05, 0.1) is 11.5 Å². The normalized spacial score (nSPS) is 10.4. The molecule has 1 aromatic heterocycles. The SMILES string of the molecule is Cc1ccc(NC(=O)c2ccc(Cn3cccn3)cc2)cc1[N+](=O)[O-]. The number of carbonyl (C=O) groups excluding carboxylic acids is 1. The highest BCUT2D eigenvalue weighted by Crippen LogP contribution is 2.22. The van der Waals surface area contributed by atoms with Crippen molar-refractivity contribution in [3.8, 4) is 0 Å². The molecule has 0 fully saturated rings. The molecule has 0 aliphatic rings. The van der Waals surface area contributed by atoms with Crippen molar-refractivity contribution in [3.63, 3.8) is 0 Å². The molecule has 25 heavy (non-hydrogen) atoms. The third kappa shape index (κ3) is 3.89. The van der Waals surface area contributed by atoms with Gasteiger partial charge in [-0.3, -0.25) is 19.6 Å². The van der Waals surface area contributed by atoms with E-state index in [-0.39, 0.29) is 11.6 Å². The third-order valence-electron chi connectivity index (χ3n) is 3.78. The second-order valence-corrected chi connectivity index (χ2v) is 5.61. The number of anilines is 1. The number of hydrogen-bond donors (Lipinski definition) is 1. The summed E-state index contributed by atoms with van der Waals surface area (Å²) in [6, 6.07) is 13.6. The Hall–Kier alpha value is -3.48. The lowest BCUT2D eigenvalue weighted by Crippen LogP contribution is -2.12. The van der Waals surface area contributed by atoms with E-state index >= 15 is 0 Å². The van der Waals surface area contributed by atoms with Crippen LogP contribution >= 0.6 is 0 Å². The molecule has 0 aliphatic carbocycles. The summed E-state index contributed by atoms with van der Waals surface area (Å²) in [5.41, 5.74) is 2.42. The van der Waals surface area contributed by atoms with Crippen LogP contribution in [0.2, 0.25) is 0 Å². The van der Waals surface area contributed by atoms with E-state index in [0.29, 0.717) is 23.4 Å². The summed E-state index contributed by atoms with van der Waals surface area (Å²) in [6.45, 7) is 2.28. The maximum atomic E-state index is 12.3. The number of carbonyl (C=O) groups is 1. The predicted molar refractivity (Wildman–Crippen MR) is 93.6 cm³/mol. The van der Waals surface area contributed by atoms with E-state index < -0.39 is 4.92 Å². The molecule has 0 atom stereocenters. The smallest absolute Gasteiger partial charge is 0.274 e. The lowest BCUT2D eigenvalue weighted by molar-refractivity contribution is -0.385. The molecule has 3 rings (SSSR count). The summed E-state index contributed by atoms with van der Waals surface area (Å²) in [4.78, 5) is 22.8. The number of nitrogens with zero attached hydrogens (tertiary/aromatic N) is 3. The van der Waals surface area contributed by atoms with Gasteiger partial charge in [-0.05, 0) is 36.8 Å². The van der Waals surface area contributed by atoms with E-state index in [4.69, 9.17) is 0 Å². The number of nitrogens with one attached hydrogen (secondary N) is 1. The molecule has 0 spiro atoms. The van der Waals surface area contributed by atoms with Crippen molar-refractivity contribution >= 4 is 17.3 Å². The minimum Gasteiger partial charge on any atom is -0.322 e. The molecule has 3 aromatic rings. The predicted octanol–water partition coefficient (Wildman–Crippen LogP) is 3.40. The molecule has 7 heteroatoms. The van der Waals surface area contributed by atoms with Gasteiger partial charge in [0, 0.05) is 35.3 Å². The first-order valence-electron chi connectivity index (χ1n) is 7.66. The maximum absolute atomic E-state index is 12.3. The topological polar surface area (TPSA) is 90.1 Å². The van der Waals surface area contributed by atoms with Gasteiger partial charge >= 0.3 is 0 Å². The average molecular weight is 336 g/mol. The van der Waals surface area contributed by atoms with Crippen molar-refractivity contribution in [1.82, 2.24) is 9.78 Å². The molecule has 126 valence electrons. The van der Waals surface area contributed by atoms with Crippen LogP contribution in [0.1, 0.15) is 21.5 Å². The van der Waals surface area contributed by atoms with Crippen molar-refractivity contribution in [2.75, 3.05) is 5.32 Å². The number of aromatic nitrogens is 2. The molecule has 0 aliphatic heterocycles. The van der Waals surface area contributed by atoms with E-state index in [2.05, 4.69) is 10.4 Å². The number of nitro groups is 1. The zero-order valence-electron chi connectivity index (χ0n) is 13.5. The van der Waals surface area contributed by atoms with Crippen molar-refractivity contribution in [2.24, 2.45) is 0 Å². The second-order valence-electron chi connectivity index (χ2n) is 5.61. The van der Waals surface area contributed by atoms with Crippen molar-refractivity contribution < 1.29 is 9.72 Å². The van der Waals surface area contributed by atoms with E-state index in [9.17, 15) is 14.9 Å². The number of nitro benzene ring substituents is 1. The van der Waals surface area contributed by atoms with Crippen molar-refractivity contribution in [2.45, 2.75) is 13.5 Å². The molecule has 1 N–H and O–H groups in total. The van der Waals surface area contributed by atoms with E-state index in [1.54, 1.807) is 42.1 Å². The summed E-state index contributed by atoms with van der Waals surface area (Å²) in [7, 11) is 0. The zero-order chi connectivity index (χ0) is 17.8. The van der Waals surface area contributed by atoms with Crippen LogP contribution in [-0.4, -0.2) is 20.6 Å². The van der Waals surface area contributed by atoms with Gasteiger partial charge in [0.2, 0.25) is 0 Å². The Bertz CT molecular complexity index is 903. The number of aryl methyl sites for hydroxylation is 1. The molecule has 0 saturated carbocycles. The Morgan fingerprint density at radius 2 is 2.00 bits per heavy atom. The Balaban J connectivity index is 1.71. The molecule has 0 unspecified atom stereocenters. The molecule has 0 bridgehead atoms. The van der Waals surface area contributed by atoms with Gasteiger partial charge in [0.1, 0.15) is 0 Å². The zero-order valence-corrected chi connectivity index (χ0v) is 13.5. The lowest BCUT2D eigenvalue weighted by atomic mass is 10.1. The summed E-state index contributed by atoms with van der Waals surface area (Å²) in [5.74, 6) is -0.316. The highest BCUT2D eigenvalue weighted by atomic mass is 16.6. The van der Waals surface area contributed by atoms with Gasteiger partial charge in [-0.2, -0.15) is 5.10 Å². The summed E-state index contributed by atoms with van der Waals surface area (Å²) in [6.07, 6.45) is 3.58. The van der Waals surface area contributed by atoms with Gasteiger partial charge in [0.15, 0.2) is 0 Å². The summed E-state index contributed by atoms with van der Waals surface area (Å²) >= 11 is 0. The first-order valence-corrected chi connectivity index (χ1v) is 7.66. The standard InChI is InChI=1S/C18H16N4O3/c1-13-3-8-16(11-17(13)22(24)25)20-18(23)15-6-4-14(5-7-15)12-21-10-2-9-19-21/h2-11H,12H2,1H3,(H,20,23). The van der Waals surface area contributed by atoms with Gasteiger partial charge in [-0.1, -0.05) is 18.2 Å². The van der Waals surface area contributed by atoms with E-state index in [0.717, 1.165) is 5.56 Å². The van der Waals surface area contributed by atoms with Crippen LogP contribution in [-0.2, 0) is 6.54 Å². The minimum atomic E-state index is -0.463. The Labute approximate surface area is 144 Å². The first-order chi connectivity index (χ1) is 12.0. The molecule has 7 nitrogen and oxygen atoms in total. The van der Waals surface area contributed by atoms with Crippen LogP contribution < -0.4 is 5.32 Å². The fourth-order valence-electron chi connectivity index (χ4n) is 2.43. The van der Waals surface area contributed by atoms with Crippen LogP contribution in [0.4, 0.5) is 11.4 Å². The highest BCUT2D eigenvalue weighted by molar-refractivity contribution is 6.04. The largest absolute Gasteiger partial charge is 0.322 e. The second kappa shape index (κ2) is 6.96. The lowest BCUT2D eigenvalue weighted by Gasteiger charge is -2.07. The minimum absolute atomic E-state index is 0.0210. The van der Waals surface area contributed by atoms with Crippen LogP contribution in [0.3, 0.4) is 0 Å². The fourth-order valence-corrected chi connectivity index (χ4v) is 2.43. The van der Waals surface area contributed by atoms with Crippen molar-refractivity contribution in [1.29, 1.82) is 0 Å².